The molecule has 0 aliphatic heterocycles. The highest BCUT2D eigenvalue weighted by Crippen LogP contribution is 2.28. The second-order valence-electron chi connectivity index (χ2n) is 4.01. The predicted molar refractivity (Wildman–Crippen MR) is 71.0 cm³/mol. The molecule has 0 spiro atoms. The van der Waals surface area contributed by atoms with E-state index in [1.165, 1.54) is 6.07 Å². The molecule has 2 aromatic carbocycles. The molecule has 0 fully saturated rings. The summed E-state index contributed by atoms with van der Waals surface area (Å²) in [6, 6.07) is 13.4. The minimum absolute atomic E-state index is 0.00682. The van der Waals surface area contributed by atoms with Crippen molar-refractivity contribution in [2.24, 2.45) is 0 Å². The van der Waals surface area contributed by atoms with Crippen LogP contribution in [-0.4, -0.2) is 13.3 Å². The first-order valence-corrected chi connectivity index (χ1v) is 5.65. The van der Waals surface area contributed by atoms with Crippen molar-refractivity contribution in [3.63, 3.8) is 0 Å². The smallest absolute Gasteiger partial charge is 0.155 e. The number of anilines is 2. The van der Waals surface area contributed by atoms with Crippen LogP contribution in [0.4, 0.5) is 15.8 Å². The Balaban J connectivity index is 2.50. The molecule has 0 unspecified atom stereocenters. The van der Waals surface area contributed by atoms with Gasteiger partial charge in [-0.2, -0.15) is 5.26 Å². The molecule has 3 nitrogen and oxygen atoms in total. The maximum atomic E-state index is 13.6. The Hall–Kier alpha value is -2.67. The van der Waals surface area contributed by atoms with Gasteiger partial charge in [-0.05, 0) is 30.3 Å². The van der Waals surface area contributed by atoms with Crippen molar-refractivity contribution in [3.05, 3.63) is 59.4 Å². The lowest BCUT2D eigenvalue weighted by Gasteiger charge is -2.21. The Bertz CT molecular complexity index is 661. The molecule has 0 atom stereocenters. The molecule has 19 heavy (non-hydrogen) atoms. The Morgan fingerprint density at radius 3 is 2.68 bits per heavy atom. The monoisotopic (exact) mass is 254 g/mol. The van der Waals surface area contributed by atoms with Gasteiger partial charge >= 0.3 is 0 Å². The topological polar surface area (TPSA) is 44.1 Å². The summed E-state index contributed by atoms with van der Waals surface area (Å²) in [6.07, 6.45) is 0.495. The molecule has 0 saturated carbocycles. The quantitative estimate of drug-likeness (QED) is 0.789. The van der Waals surface area contributed by atoms with Gasteiger partial charge in [0.05, 0.1) is 22.9 Å². The molecule has 2 rings (SSSR count). The summed E-state index contributed by atoms with van der Waals surface area (Å²) in [5, 5.41) is 8.87. The van der Waals surface area contributed by atoms with E-state index in [-0.39, 0.29) is 5.56 Å². The van der Waals surface area contributed by atoms with Gasteiger partial charge in [0, 0.05) is 12.7 Å². The van der Waals surface area contributed by atoms with Crippen molar-refractivity contribution in [1.82, 2.24) is 0 Å². The number of hydrogen-bond donors (Lipinski definition) is 0. The van der Waals surface area contributed by atoms with E-state index in [1.54, 1.807) is 48.3 Å². The first-order chi connectivity index (χ1) is 9.17. The predicted octanol–water partition coefficient (Wildman–Crippen LogP) is 3.28. The molecular formula is C15H11FN2O. The van der Waals surface area contributed by atoms with E-state index in [9.17, 15) is 9.18 Å². The summed E-state index contributed by atoms with van der Waals surface area (Å²) >= 11 is 0. The molecule has 0 amide bonds. The lowest BCUT2D eigenvalue weighted by molar-refractivity contribution is 0.112. The van der Waals surface area contributed by atoms with Crippen LogP contribution < -0.4 is 4.90 Å². The van der Waals surface area contributed by atoms with Gasteiger partial charge in [-0.15, -0.1) is 0 Å². The van der Waals surface area contributed by atoms with Gasteiger partial charge < -0.3 is 4.90 Å². The molecular weight excluding hydrogens is 243 g/mol. The largest absolute Gasteiger partial charge is 0.344 e. The minimum atomic E-state index is -0.559. The van der Waals surface area contributed by atoms with E-state index < -0.39 is 5.82 Å². The first kappa shape index (κ1) is 12.8. The van der Waals surface area contributed by atoms with E-state index in [4.69, 9.17) is 5.26 Å². The molecule has 0 saturated heterocycles. The SMILES string of the molecule is CN(c1cccc(C#N)c1)c1cccc(F)c1C=O. The van der Waals surface area contributed by atoms with E-state index in [2.05, 4.69) is 0 Å². The number of nitriles is 1. The van der Waals surface area contributed by atoms with Crippen LogP contribution in [0.25, 0.3) is 0 Å². The Morgan fingerprint density at radius 1 is 1.26 bits per heavy atom. The molecule has 0 aromatic heterocycles. The van der Waals surface area contributed by atoms with Crippen LogP contribution in [0.5, 0.6) is 0 Å². The maximum absolute atomic E-state index is 13.6. The van der Waals surface area contributed by atoms with Crippen molar-refractivity contribution in [2.45, 2.75) is 0 Å². The molecule has 94 valence electrons. The number of nitrogens with zero attached hydrogens (tertiary/aromatic N) is 2. The fraction of sp³-hybridized carbons (Fsp3) is 0.0667. The molecule has 0 bridgehead atoms. The van der Waals surface area contributed by atoms with Gasteiger partial charge in [-0.25, -0.2) is 4.39 Å². The fourth-order valence-electron chi connectivity index (χ4n) is 1.86. The van der Waals surface area contributed by atoms with Crippen LogP contribution >= 0.6 is 0 Å². The molecule has 4 heteroatoms. The zero-order chi connectivity index (χ0) is 13.8. The summed E-state index contributed by atoms with van der Waals surface area (Å²) < 4.78 is 13.6. The molecule has 2 aromatic rings. The van der Waals surface area contributed by atoms with E-state index in [0.29, 0.717) is 23.2 Å². The normalized spacial score (nSPS) is 9.74. The minimum Gasteiger partial charge on any atom is -0.344 e. The van der Waals surface area contributed by atoms with Crippen LogP contribution in [0.1, 0.15) is 15.9 Å². The number of benzene rings is 2. The van der Waals surface area contributed by atoms with Crippen molar-refractivity contribution in [1.29, 1.82) is 5.26 Å². The Morgan fingerprint density at radius 2 is 2.00 bits per heavy atom. The van der Waals surface area contributed by atoms with Gasteiger partial charge in [-0.1, -0.05) is 12.1 Å². The highest BCUT2D eigenvalue weighted by molar-refractivity contribution is 5.87. The molecule has 0 radical (unpaired) electrons. The van der Waals surface area contributed by atoms with Crippen LogP contribution in [0.2, 0.25) is 0 Å². The zero-order valence-electron chi connectivity index (χ0n) is 10.3. The maximum Gasteiger partial charge on any atom is 0.155 e. The number of carbonyl (C=O) groups is 1. The van der Waals surface area contributed by atoms with Gasteiger partial charge in [0.1, 0.15) is 5.82 Å². The average molecular weight is 254 g/mol. The highest BCUT2D eigenvalue weighted by Gasteiger charge is 2.12. The Labute approximate surface area is 110 Å². The van der Waals surface area contributed by atoms with Crippen LogP contribution in [0.15, 0.2) is 42.5 Å². The fourth-order valence-corrected chi connectivity index (χ4v) is 1.86. The Kier molecular flexibility index (Phi) is 3.58. The van der Waals surface area contributed by atoms with Crippen molar-refractivity contribution < 1.29 is 9.18 Å². The van der Waals surface area contributed by atoms with Gasteiger partial charge in [0.2, 0.25) is 0 Å². The van der Waals surface area contributed by atoms with Crippen LogP contribution in [0, 0.1) is 17.1 Å². The molecule has 0 aliphatic carbocycles. The summed E-state index contributed by atoms with van der Waals surface area (Å²) in [7, 11) is 1.72. The third-order valence-corrected chi connectivity index (χ3v) is 2.87. The van der Waals surface area contributed by atoms with Crippen molar-refractivity contribution in [3.8, 4) is 6.07 Å². The standard InChI is InChI=1S/C15H11FN2O/c1-18(12-5-2-4-11(8-12)9-17)15-7-3-6-14(16)13(15)10-19/h2-8,10H,1H3. The second-order valence-corrected chi connectivity index (χ2v) is 4.01. The zero-order valence-corrected chi connectivity index (χ0v) is 10.3. The third-order valence-electron chi connectivity index (χ3n) is 2.87. The van der Waals surface area contributed by atoms with E-state index in [1.807, 2.05) is 6.07 Å². The van der Waals surface area contributed by atoms with Crippen LogP contribution in [0.3, 0.4) is 0 Å². The average Bonchev–Trinajstić information content (AvgIpc) is 2.46. The number of carbonyl (C=O) groups excluding carboxylic acids is 1. The number of hydrogen-bond acceptors (Lipinski definition) is 3. The summed E-state index contributed by atoms with van der Waals surface area (Å²) in [4.78, 5) is 12.7. The molecule has 0 aliphatic rings. The summed E-state index contributed by atoms with van der Waals surface area (Å²) in [5.41, 5.74) is 1.69. The number of aldehydes is 1. The van der Waals surface area contributed by atoms with Gasteiger partial charge in [0.15, 0.2) is 6.29 Å². The van der Waals surface area contributed by atoms with E-state index >= 15 is 0 Å². The number of halogens is 1. The van der Waals surface area contributed by atoms with E-state index in [0.717, 1.165) is 0 Å². The lowest BCUT2D eigenvalue weighted by atomic mass is 10.1. The second kappa shape index (κ2) is 5.32. The lowest BCUT2D eigenvalue weighted by Crippen LogP contribution is -2.12. The first-order valence-electron chi connectivity index (χ1n) is 5.65. The molecule has 0 N–H and O–H groups in total. The van der Waals surface area contributed by atoms with Crippen LogP contribution in [-0.2, 0) is 0 Å². The third kappa shape index (κ3) is 2.45. The van der Waals surface area contributed by atoms with Crippen molar-refractivity contribution in [2.75, 3.05) is 11.9 Å². The van der Waals surface area contributed by atoms with Gasteiger partial charge in [-0.3, -0.25) is 4.79 Å². The van der Waals surface area contributed by atoms with Crippen molar-refractivity contribution >= 4 is 17.7 Å². The van der Waals surface area contributed by atoms with Gasteiger partial charge in [0.25, 0.3) is 0 Å². The number of rotatable bonds is 3. The molecule has 0 heterocycles. The summed E-state index contributed by atoms with van der Waals surface area (Å²) in [5.74, 6) is -0.559. The summed E-state index contributed by atoms with van der Waals surface area (Å²) in [6.45, 7) is 0. The highest BCUT2D eigenvalue weighted by atomic mass is 19.1.